The molecular weight excluding hydrogens is 465 g/mol. The Morgan fingerprint density at radius 1 is 1.06 bits per heavy atom. The molecule has 0 aliphatic heterocycles. The fourth-order valence-electron chi connectivity index (χ4n) is 3.50. The number of carbonyl (C=O) groups excluding carboxylic acids is 2. The maximum Gasteiger partial charge on any atom is 0.396 e. The quantitative estimate of drug-likeness (QED) is 0.213. The summed E-state index contributed by atoms with van der Waals surface area (Å²) < 4.78 is 29.6. The minimum absolute atomic E-state index is 0.0845. The van der Waals surface area contributed by atoms with E-state index >= 15 is 0 Å². The van der Waals surface area contributed by atoms with E-state index in [4.69, 9.17) is 19.6 Å². The van der Waals surface area contributed by atoms with Crippen molar-refractivity contribution in [3.05, 3.63) is 83.7 Å². The monoisotopic (exact) mass is 493 g/mol. The summed E-state index contributed by atoms with van der Waals surface area (Å²) in [6.45, 7) is 3.41. The van der Waals surface area contributed by atoms with Gasteiger partial charge in [0, 0.05) is 23.2 Å². The highest BCUT2D eigenvalue weighted by Gasteiger charge is 2.27. The van der Waals surface area contributed by atoms with Gasteiger partial charge in [-0.2, -0.15) is 0 Å². The van der Waals surface area contributed by atoms with Crippen LogP contribution in [0.25, 0.3) is 0 Å². The first-order chi connectivity index (χ1) is 17.3. The molecule has 0 bridgehead atoms. The van der Waals surface area contributed by atoms with E-state index in [1.54, 1.807) is 69.5 Å². The molecule has 0 aromatic heterocycles. The Morgan fingerprint density at radius 3 is 2.47 bits per heavy atom. The molecule has 1 amide bonds. The third-order valence-corrected chi connectivity index (χ3v) is 5.26. The first kappa shape index (κ1) is 26.2. The molecule has 0 radical (unpaired) electrons. The van der Waals surface area contributed by atoms with E-state index in [-0.39, 0.29) is 12.4 Å². The van der Waals surface area contributed by atoms with Gasteiger partial charge in [-0.1, -0.05) is 12.1 Å². The summed E-state index contributed by atoms with van der Waals surface area (Å²) in [5.74, 6) is -1.16. The van der Waals surface area contributed by atoms with E-state index in [9.17, 15) is 14.0 Å². The number of ether oxygens (including phenoxy) is 3. The van der Waals surface area contributed by atoms with E-state index in [0.717, 1.165) is 0 Å². The molecule has 2 atom stereocenters. The Balaban J connectivity index is 1.87. The summed E-state index contributed by atoms with van der Waals surface area (Å²) in [5.41, 5.74) is 2.53. The Bertz CT molecular complexity index is 1220. The second-order valence-electron chi connectivity index (χ2n) is 7.82. The van der Waals surface area contributed by atoms with Crippen LogP contribution in [0.1, 0.15) is 31.1 Å². The van der Waals surface area contributed by atoms with Gasteiger partial charge >= 0.3 is 11.9 Å². The van der Waals surface area contributed by atoms with Crippen LogP contribution in [-0.4, -0.2) is 37.8 Å². The number of benzene rings is 3. The zero-order valence-electron chi connectivity index (χ0n) is 20.2. The smallest absolute Gasteiger partial charge is 0.396 e. The highest BCUT2D eigenvalue weighted by molar-refractivity contribution is 6.32. The predicted octanol–water partition coefficient (Wildman–Crippen LogP) is 4.76. The Morgan fingerprint density at radius 2 is 1.81 bits per heavy atom. The van der Waals surface area contributed by atoms with Crippen molar-refractivity contribution in [1.82, 2.24) is 5.32 Å². The molecule has 3 rings (SSSR count). The average molecular weight is 494 g/mol. The van der Waals surface area contributed by atoms with Crippen LogP contribution in [0.3, 0.4) is 0 Å². The average Bonchev–Trinajstić information content (AvgIpc) is 2.89. The Hall–Kier alpha value is -4.40. The van der Waals surface area contributed by atoms with Gasteiger partial charge in [0.05, 0.1) is 19.8 Å². The van der Waals surface area contributed by atoms with Crippen LogP contribution in [0.2, 0.25) is 0 Å². The summed E-state index contributed by atoms with van der Waals surface area (Å²) >= 11 is 0. The summed E-state index contributed by atoms with van der Waals surface area (Å²) in [6.07, 6.45) is 0.471. The molecule has 0 unspecified atom stereocenters. The number of anilines is 2. The minimum Gasteiger partial charge on any atom is -0.497 e. The number of rotatable bonds is 10. The van der Waals surface area contributed by atoms with Crippen LogP contribution in [0.15, 0.2) is 66.7 Å². The molecule has 3 N–H and O–H groups in total. The molecule has 0 aliphatic carbocycles. The van der Waals surface area contributed by atoms with Crippen LogP contribution in [0, 0.1) is 11.2 Å². The first-order valence-corrected chi connectivity index (χ1v) is 11.3. The van der Waals surface area contributed by atoms with Crippen molar-refractivity contribution in [3.8, 4) is 11.5 Å². The third-order valence-electron chi connectivity index (χ3n) is 5.26. The molecule has 0 saturated heterocycles. The molecule has 0 heterocycles. The van der Waals surface area contributed by atoms with Crippen molar-refractivity contribution in [2.45, 2.75) is 26.0 Å². The van der Waals surface area contributed by atoms with Crippen molar-refractivity contribution < 1.29 is 28.2 Å². The largest absolute Gasteiger partial charge is 0.497 e. The van der Waals surface area contributed by atoms with Crippen molar-refractivity contribution in [3.63, 3.8) is 0 Å². The molecule has 9 heteroatoms. The normalized spacial score (nSPS) is 12.1. The number of amides is 1. The number of esters is 1. The second kappa shape index (κ2) is 12.3. The van der Waals surface area contributed by atoms with Gasteiger partial charge in [0.25, 0.3) is 0 Å². The van der Waals surface area contributed by atoms with Crippen LogP contribution in [0.4, 0.5) is 15.8 Å². The topological polar surface area (TPSA) is 110 Å². The molecular formula is C27H28FN3O5. The molecule has 3 aromatic carbocycles. The lowest BCUT2D eigenvalue weighted by Crippen LogP contribution is -2.43. The number of hydrogen-bond acceptors (Lipinski definition) is 7. The molecule has 8 nitrogen and oxygen atoms in total. The summed E-state index contributed by atoms with van der Waals surface area (Å²) in [7, 11) is 1.55. The number of nitrogens with one attached hydrogen (secondary N) is 3. The SMILES string of the molecule is CCOC(=O)C(=O)N[C@@H](C)[C@H](Oc1ccc(Nc2ccc(F)cc2)c(C=N)c1)c1cccc(OC)c1. The number of methoxy groups -OCH3 is 1. The van der Waals surface area contributed by atoms with E-state index < -0.39 is 24.0 Å². The van der Waals surface area contributed by atoms with Gasteiger partial charge in [-0.15, -0.1) is 0 Å². The van der Waals surface area contributed by atoms with Gasteiger partial charge in [0.1, 0.15) is 23.4 Å². The van der Waals surface area contributed by atoms with E-state index in [0.29, 0.717) is 34.0 Å². The molecule has 0 aliphatic rings. The van der Waals surface area contributed by atoms with Gasteiger partial charge in [-0.05, 0) is 74.0 Å². The predicted molar refractivity (Wildman–Crippen MR) is 135 cm³/mol. The third kappa shape index (κ3) is 6.82. The maximum atomic E-state index is 13.2. The molecule has 36 heavy (non-hydrogen) atoms. The Labute approximate surface area is 208 Å². The van der Waals surface area contributed by atoms with Crippen molar-refractivity contribution in [2.24, 2.45) is 0 Å². The van der Waals surface area contributed by atoms with Crippen molar-refractivity contribution >= 4 is 29.5 Å². The van der Waals surface area contributed by atoms with Crippen molar-refractivity contribution in [1.29, 1.82) is 5.41 Å². The van der Waals surface area contributed by atoms with E-state index in [1.165, 1.54) is 18.3 Å². The van der Waals surface area contributed by atoms with Crippen LogP contribution >= 0.6 is 0 Å². The molecule has 0 spiro atoms. The lowest BCUT2D eigenvalue weighted by atomic mass is 10.0. The summed E-state index contributed by atoms with van der Waals surface area (Å²) in [5, 5.41) is 13.6. The summed E-state index contributed by atoms with van der Waals surface area (Å²) in [6, 6.07) is 17.6. The lowest BCUT2D eigenvalue weighted by Gasteiger charge is -2.27. The molecule has 3 aromatic rings. The van der Waals surface area contributed by atoms with Gasteiger partial charge in [-0.3, -0.25) is 4.79 Å². The lowest BCUT2D eigenvalue weighted by molar-refractivity contribution is -0.155. The number of hydrogen-bond donors (Lipinski definition) is 3. The zero-order chi connectivity index (χ0) is 26.1. The number of halogens is 1. The zero-order valence-corrected chi connectivity index (χ0v) is 20.2. The standard InChI is InChI=1S/C27H28FN3O5/c1-4-35-27(33)26(32)30-17(2)25(18-6-5-7-22(14-18)34-3)36-23-12-13-24(19(15-23)16-29)31-21-10-8-20(28)9-11-21/h5-17,25,29,31H,4H2,1-3H3,(H,30,32)/t17-,25-/m0/s1. The van der Waals surface area contributed by atoms with Crippen molar-refractivity contribution in [2.75, 3.05) is 19.0 Å². The molecule has 0 saturated carbocycles. The number of carbonyl (C=O) groups is 2. The molecule has 188 valence electrons. The fraction of sp³-hybridized carbons (Fsp3) is 0.222. The van der Waals surface area contributed by atoms with E-state index in [1.807, 2.05) is 6.07 Å². The van der Waals surface area contributed by atoms with Crippen LogP contribution < -0.4 is 20.1 Å². The highest BCUT2D eigenvalue weighted by atomic mass is 19.1. The Kier molecular flexibility index (Phi) is 8.99. The van der Waals surface area contributed by atoms with Crippen LogP contribution in [0.5, 0.6) is 11.5 Å². The van der Waals surface area contributed by atoms with Crippen LogP contribution in [-0.2, 0) is 14.3 Å². The first-order valence-electron chi connectivity index (χ1n) is 11.3. The maximum absolute atomic E-state index is 13.2. The second-order valence-corrected chi connectivity index (χ2v) is 7.82. The highest BCUT2D eigenvalue weighted by Crippen LogP contribution is 2.30. The van der Waals surface area contributed by atoms with Gasteiger partial charge in [0.15, 0.2) is 0 Å². The molecule has 0 fully saturated rings. The minimum atomic E-state index is -0.976. The van der Waals surface area contributed by atoms with Gasteiger partial charge in [-0.25, -0.2) is 9.18 Å². The van der Waals surface area contributed by atoms with Gasteiger partial charge in [0.2, 0.25) is 0 Å². The van der Waals surface area contributed by atoms with E-state index in [2.05, 4.69) is 10.6 Å². The van der Waals surface area contributed by atoms with Gasteiger partial charge < -0.3 is 30.3 Å². The summed E-state index contributed by atoms with van der Waals surface area (Å²) in [4.78, 5) is 24.1. The fourth-order valence-corrected chi connectivity index (χ4v) is 3.50.